The fraction of sp³-hybridized carbons (Fsp3) is 0.100. The van der Waals surface area contributed by atoms with Gasteiger partial charge in [0.25, 0.3) is 0 Å². The Morgan fingerprint density at radius 3 is 2.94 bits per heavy atom. The molecule has 0 fully saturated rings. The molecule has 0 saturated heterocycles. The maximum Gasteiger partial charge on any atom is 0.312 e. The zero-order chi connectivity index (χ0) is 12.0. The van der Waals surface area contributed by atoms with E-state index in [2.05, 4.69) is 0 Å². The number of benzene rings is 1. The van der Waals surface area contributed by atoms with E-state index in [9.17, 15) is 10.1 Å². The summed E-state index contributed by atoms with van der Waals surface area (Å²) in [5.74, 6) is 0.110. The van der Waals surface area contributed by atoms with E-state index in [0.717, 1.165) is 0 Å². The summed E-state index contributed by atoms with van der Waals surface area (Å²) in [6.07, 6.45) is 1.50. The van der Waals surface area contributed by atoms with Gasteiger partial charge >= 0.3 is 5.69 Å². The van der Waals surface area contributed by atoms with Crippen molar-refractivity contribution in [3.63, 3.8) is 0 Å². The van der Waals surface area contributed by atoms with Crippen molar-refractivity contribution in [2.45, 2.75) is 0 Å². The number of rotatable bonds is 4. The van der Waals surface area contributed by atoms with Crippen molar-refractivity contribution in [2.75, 3.05) is 6.61 Å². The van der Waals surface area contributed by atoms with Crippen LogP contribution in [0, 0.1) is 21.4 Å². The second-order valence-electron chi connectivity index (χ2n) is 2.72. The van der Waals surface area contributed by atoms with Crippen molar-refractivity contribution < 1.29 is 9.66 Å². The van der Waals surface area contributed by atoms with E-state index in [0.29, 0.717) is 0 Å². The molecule has 0 amide bonds. The molecule has 0 saturated carbocycles. The van der Waals surface area contributed by atoms with Gasteiger partial charge < -0.3 is 4.74 Å². The van der Waals surface area contributed by atoms with Gasteiger partial charge in [0.1, 0.15) is 6.61 Å². The standard InChI is InChI=1S/C10H7ClN2O3/c11-4-1-5-16-10-3-2-8(7-12)6-9(10)13(14)15/h1-4,6H,5H2/b4-1+. The average Bonchev–Trinajstić information content (AvgIpc) is 2.29. The highest BCUT2D eigenvalue weighted by molar-refractivity contribution is 6.25. The Hall–Kier alpha value is -2.06. The lowest BCUT2D eigenvalue weighted by Crippen LogP contribution is -1.98. The first-order valence-corrected chi connectivity index (χ1v) is 4.69. The first-order chi connectivity index (χ1) is 7.69. The lowest BCUT2D eigenvalue weighted by Gasteiger charge is -2.03. The quantitative estimate of drug-likeness (QED) is 0.597. The van der Waals surface area contributed by atoms with Crippen LogP contribution in [-0.4, -0.2) is 11.5 Å². The normalized spacial score (nSPS) is 10.0. The predicted octanol–water partition coefficient (Wildman–Crippen LogP) is 2.60. The number of ether oxygens (including phenoxy) is 1. The summed E-state index contributed by atoms with van der Waals surface area (Å²) < 4.78 is 5.12. The molecule has 0 atom stereocenters. The Morgan fingerprint density at radius 1 is 1.62 bits per heavy atom. The minimum atomic E-state index is -0.597. The Bertz CT molecular complexity index is 466. The van der Waals surface area contributed by atoms with Gasteiger partial charge in [-0.2, -0.15) is 5.26 Å². The van der Waals surface area contributed by atoms with Crippen molar-refractivity contribution in [2.24, 2.45) is 0 Å². The summed E-state index contributed by atoms with van der Waals surface area (Å²) in [7, 11) is 0. The van der Waals surface area contributed by atoms with E-state index in [1.165, 1.54) is 29.8 Å². The number of hydrogen-bond donors (Lipinski definition) is 0. The summed E-state index contributed by atoms with van der Waals surface area (Å²) in [4.78, 5) is 10.1. The second-order valence-corrected chi connectivity index (χ2v) is 2.98. The van der Waals surface area contributed by atoms with Crippen LogP contribution in [0.25, 0.3) is 0 Å². The van der Waals surface area contributed by atoms with Gasteiger partial charge in [0.15, 0.2) is 5.75 Å². The van der Waals surface area contributed by atoms with Crippen molar-refractivity contribution in [1.29, 1.82) is 5.26 Å². The maximum absolute atomic E-state index is 10.7. The summed E-state index contributed by atoms with van der Waals surface area (Å²) in [6, 6.07) is 5.83. The molecule has 0 N–H and O–H groups in total. The highest BCUT2D eigenvalue weighted by Gasteiger charge is 2.15. The molecule has 0 heterocycles. The molecule has 6 heteroatoms. The number of hydrogen-bond acceptors (Lipinski definition) is 4. The average molecular weight is 239 g/mol. The van der Waals surface area contributed by atoms with Gasteiger partial charge in [-0.05, 0) is 18.2 Å². The first kappa shape index (κ1) is 12.0. The lowest BCUT2D eigenvalue weighted by atomic mass is 10.2. The summed E-state index contributed by atoms with van der Waals surface area (Å²) in [5, 5.41) is 19.3. The van der Waals surface area contributed by atoms with Gasteiger partial charge in [0.05, 0.1) is 16.6 Å². The van der Waals surface area contributed by atoms with E-state index in [4.69, 9.17) is 21.6 Å². The van der Waals surface area contributed by atoms with Gasteiger partial charge in [-0.15, -0.1) is 0 Å². The highest BCUT2D eigenvalue weighted by atomic mass is 35.5. The second kappa shape index (κ2) is 5.73. The van der Waals surface area contributed by atoms with E-state index >= 15 is 0 Å². The topological polar surface area (TPSA) is 76.2 Å². The molecule has 0 aromatic heterocycles. The smallest absolute Gasteiger partial charge is 0.312 e. The molecular formula is C10H7ClN2O3. The summed E-state index contributed by atoms with van der Waals surface area (Å²) >= 11 is 5.28. The van der Waals surface area contributed by atoms with Gasteiger partial charge in [-0.3, -0.25) is 10.1 Å². The van der Waals surface area contributed by atoms with Gasteiger partial charge in [0, 0.05) is 11.6 Å². The SMILES string of the molecule is N#Cc1ccc(OC/C=C/Cl)c([N+](=O)[O-])c1. The molecule has 0 bridgehead atoms. The van der Waals surface area contributed by atoms with Crippen LogP contribution in [0.5, 0.6) is 5.75 Å². The molecule has 1 aromatic rings. The van der Waals surface area contributed by atoms with Gasteiger partial charge in [0.2, 0.25) is 0 Å². The third kappa shape index (κ3) is 2.97. The maximum atomic E-state index is 10.7. The largest absolute Gasteiger partial charge is 0.483 e. The Labute approximate surface area is 96.7 Å². The van der Waals surface area contributed by atoms with Crippen molar-refractivity contribution in [1.82, 2.24) is 0 Å². The van der Waals surface area contributed by atoms with Crippen LogP contribution in [0.1, 0.15) is 5.56 Å². The van der Waals surface area contributed by atoms with E-state index in [-0.39, 0.29) is 23.6 Å². The van der Waals surface area contributed by atoms with Crippen LogP contribution in [0.2, 0.25) is 0 Å². The Morgan fingerprint density at radius 2 is 2.38 bits per heavy atom. The van der Waals surface area contributed by atoms with Crippen LogP contribution >= 0.6 is 11.6 Å². The third-order valence-electron chi connectivity index (χ3n) is 1.71. The van der Waals surface area contributed by atoms with E-state index < -0.39 is 4.92 Å². The minimum absolute atomic E-state index is 0.110. The van der Waals surface area contributed by atoms with Crippen molar-refractivity contribution >= 4 is 17.3 Å². The molecule has 0 aliphatic rings. The molecule has 82 valence electrons. The van der Waals surface area contributed by atoms with Gasteiger partial charge in [-0.1, -0.05) is 11.6 Å². The highest BCUT2D eigenvalue weighted by Crippen LogP contribution is 2.27. The monoisotopic (exact) mass is 238 g/mol. The summed E-state index contributed by atoms with van der Waals surface area (Å²) in [6.45, 7) is 0.135. The van der Waals surface area contributed by atoms with E-state index in [1.54, 1.807) is 0 Å². The number of nitro benzene ring substituents is 1. The Kier molecular flexibility index (Phi) is 4.30. The molecule has 16 heavy (non-hydrogen) atoms. The fourth-order valence-electron chi connectivity index (χ4n) is 1.03. The molecule has 0 radical (unpaired) electrons. The van der Waals surface area contributed by atoms with Crippen LogP contribution in [0.15, 0.2) is 29.8 Å². The van der Waals surface area contributed by atoms with Crippen LogP contribution in [0.3, 0.4) is 0 Å². The third-order valence-corrected chi connectivity index (χ3v) is 1.89. The van der Waals surface area contributed by atoms with Crippen molar-refractivity contribution in [3.05, 3.63) is 45.5 Å². The van der Waals surface area contributed by atoms with E-state index in [1.807, 2.05) is 6.07 Å². The fourth-order valence-corrected chi connectivity index (χ4v) is 1.10. The molecule has 0 aliphatic carbocycles. The number of nitrogens with zero attached hydrogens (tertiary/aromatic N) is 2. The van der Waals surface area contributed by atoms with Crippen LogP contribution in [0.4, 0.5) is 5.69 Å². The molecule has 0 unspecified atom stereocenters. The van der Waals surface area contributed by atoms with Gasteiger partial charge in [-0.25, -0.2) is 0 Å². The predicted molar refractivity (Wildman–Crippen MR) is 58.3 cm³/mol. The molecule has 0 spiro atoms. The van der Waals surface area contributed by atoms with Crippen molar-refractivity contribution in [3.8, 4) is 11.8 Å². The molecule has 1 rings (SSSR count). The molecule has 5 nitrogen and oxygen atoms in total. The zero-order valence-corrected chi connectivity index (χ0v) is 8.85. The minimum Gasteiger partial charge on any atom is -0.483 e. The van der Waals surface area contributed by atoms with Crippen LogP contribution < -0.4 is 4.74 Å². The number of halogens is 1. The lowest BCUT2D eigenvalue weighted by molar-refractivity contribution is -0.385. The summed E-state index contributed by atoms with van der Waals surface area (Å²) in [5.41, 5.74) is 1.24. The first-order valence-electron chi connectivity index (χ1n) is 4.25. The molecule has 0 aliphatic heterocycles. The molecular weight excluding hydrogens is 232 g/mol. The zero-order valence-electron chi connectivity index (χ0n) is 8.09. The number of nitriles is 1. The Balaban J connectivity index is 2.99. The number of nitro groups is 1. The molecule has 1 aromatic carbocycles. The van der Waals surface area contributed by atoms with Crippen LogP contribution in [-0.2, 0) is 0 Å².